The highest BCUT2D eigenvalue weighted by molar-refractivity contribution is 7.89. The van der Waals surface area contributed by atoms with E-state index in [0.717, 1.165) is 11.1 Å². The summed E-state index contributed by atoms with van der Waals surface area (Å²) in [4.78, 5) is 0.105. The Kier molecular flexibility index (Phi) is 5.34. The van der Waals surface area contributed by atoms with E-state index in [1.165, 1.54) is 12.1 Å². The van der Waals surface area contributed by atoms with Gasteiger partial charge in [0.2, 0.25) is 10.0 Å². The first-order valence-electron chi connectivity index (χ1n) is 6.10. The standard InChI is InChI=1S/C13H21NO4S/c1-9(2)17-5-6-18-13-10(3)7-12(8-11(13)4)19(14,15)16/h7-9H,5-6H2,1-4H3,(H2,14,15,16). The molecule has 0 amide bonds. The Labute approximate surface area is 114 Å². The van der Waals surface area contributed by atoms with Crippen molar-refractivity contribution >= 4 is 10.0 Å². The fraction of sp³-hybridized carbons (Fsp3) is 0.538. The molecule has 0 spiro atoms. The van der Waals surface area contributed by atoms with Crippen LogP contribution in [-0.2, 0) is 14.8 Å². The zero-order chi connectivity index (χ0) is 14.6. The lowest BCUT2D eigenvalue weighted by Gasteiger charge is -2.14. The molecular weight excluding hydrogens is 266 g/mol. The van der Waals surface area contributed by atoms with Gasteiger partial charge in [0.15, 0.2) is 0 Å². The van der Waals surface area contributed by atoms with Crippen molar-refractivity contribution in [3.8, 4) is 5.75 Å². The lowest BCUT2D eigenvalue weighted by molar-refractivity contribution is 0.0550. The Bertz CT molecular complexity index is 515. The summed E-state index contributed by atoms with van der Waals surface area (Å²) in [5, 5.41) is 5.11. The molecule has 5 nitrogen and oxygen atoms in total. The molecule has 2 N–H and O–H groups in total. The first kappa shape index (κ1) is 15.9. The fourth-order valence-electron chi connectivity index (χ4n) is 1.73. The number of hydrogen-bond donors (Lipinski definition) is 1. The third kappa shape index (κ3) is 4.81. The van der Waals surface area contributed by atoms with Gasteiger partial charge in [0.05, 0.1) is 17.6 Å². The number of rotatable bonds is 6. The first-order chi connectivity index (χ1) is 8.71. The van der Waals surface area contributed by atoms with Gasteiger partial charge in [-0.25, -0.2) is 13.6 Å². The second-order valence-corrected chi connectivity index (χ2v) is 6.26. The second kappa shape index (κ2) is 6.36. The highest BCUT2D eigenvalue weighted by Crippen LogP contribution is 2.26. The molecule has 1 aromatic rings. The topological polar surface area (TPSA) is 78.6 Å². The first-order valence-corrected chi connectivity index (χ1v) is 7.65. The normalized spacial score (nSPS) is 11.9. The summed E-state index contributed by atoms with van der Waals surface area (Å²) in [7, 11) is -3.68. The monoisotopic (exact) mass is 287 g/mol. The average molecular weight is 287 g/mol. The third-order valence-corrected chi connectivity index (χ3v) is 3.44. The maximum Gasteiger partial charge on any atom is 0.238 e. The van der Waals surface area contributed by atoms with E-state index in [1.807, 2.05) is 13.8 Å². The number of primary sulfonamides is 1. The van der Waals surface area contributed by atoms with Crippen LogP contribution < -0.4 is 9.88 Å². The summed E-state index contributed by atoms with van der Waals surface area (Å²) < 4.78 is 33.6. The largest absolute Gasteiger partial charge is 0.491 e. The third-order valence-electron chi connectivity index (χ3n) is 2.54. The van der Waals surface area contributed by atoms with E-state index < -0.39 is 10.0 Å². The molecule has 0 radical (unpaired) electrons. The van der Waals surface area contributed by atoms with Gasteiger partial charge in [0.1, 0.15) is 12.4 Å². The number of hydrogen-bond acceptors (Lipinski definition) is 4. The number of sulfonamides is 1. The van der Waals surface area contributed by atoms with Crippen LogP contribution in [0, 0.1) is 13.8 Å². The molecule has 0 heterocycles. The molecule has 6 heteroatoms. The number of benzene rings is 1. The molecule has 1 aromatic carbocycles. The minimum absolute atomic E-state index is 0.105. The van der Waals surface area contributed by atoms with Gasteiger partial charge in [-0.3, -0.25) is 0 Å². The van der Waals surface area contributed by atoms with Crippen molar-refractivity contribution in [3.63, 3.8) is 0 Å². The van der Waals surface area contributed by atoms with E-state index in [2.05, 4.69) is 0 Å². The lowest BCUT2D eigenvalue weighted by atomic mass is 10.1. The van der Waals surface area contributed by atoms with E-state index in [9.17, 15) is 8.42 Å². The van der Waals surface area contributed by atoms with Crippen LogP contribution in [0.25, 0.3) is 0 Å². The van der Waals surface area contributed by atoms with Crippen molar-refractivity contribution < 1.29 is 17.9 Å². The molecule has 0 unspecified atom stereocenters. The number of aryl methyl sites for hydroxylation is 2. The van der Waals surface area contributed by atoms with Crippen LogP contribution in [0.15, 0.2) is 17.0 Å². The van der Waals surface area contributed by atoms with Crippen LogP contribution in [0.1, 0.15) is 25.0 Å². The van der Waals surface area contributed by atoms with Gasteiger partial charge in [-0.05, 0) is 51.0 Å². The van der Waals surface area contributed by atoms with Gasteiger partial charge in [-0.1, -0.05) is 0 Å². The molecule has 19 heavy (non-hydrogen) atoms. The van der Waals surface area contributed by atoms with Gasteiger partial charge in [-0.15, -0.1) is 0 Å². The van der Waals surface area contributed by atoms with Crippen molar-refractivity contribution in [2.45, 2.75) is 38.7 Å². The molecule has 0 atom stereocenters. The second-order valence-electron chi connectivity index (χ2n) is 4.70. The average Bonchev–Trinajstić information content (AvgIpc) is 2.25. The molecule has 1 rings (SSSR count). The maximum atomic E-state index is 11.3. The minimum Gasteiger partial charge on any atom is -0.491 e. The highest BCUT2D eigenvalue weighted by Gasteiger charge is 2.13. The Morgan fingerprint density at radius 3 is 2.11 bits per heavy atom. The molecule has 0 bridgehead atoms. The zero-order valence-electron chi connectivity index (χ0n) is 11.8. The Morgan fingerprint density at radius 2 is 1.68 bits per heavy atom. The predicted octanol–water partition coefficient (Wildman–Crippen LogP) is 1.75. The summed E-state index contributed by atoms with van der Waals surface area (Å²) in [6.45, 7) is 8.41. The van der Waals surface area contributed by atoms with Crippen molar-refractivity contribution in [3.05, 3.63) is 23.3 Å². The van der Waals surface area contributed by atoms with Crippen molar-refractivity contribution in [1.29, 1.82) is 0 Å². The summed E-state index contributed by atoms with van der Waals surface area (Å²) >= 11 is 0. The highest BCUT2D eigenvalue weighted by atomic mass is 32.2. The maximum absolute atomic E-state index is 11.3. The Morgan fingerprint density at radius 1 is 1.16 bits per heavy atom. The van der Waals surface area contributed by atoms with E-state index >= 15 is 0 Å². The van der Waals surface area contributed by atoms with Crippen LogP contribution in [0.3, 0.4) is 0 Å². The summed E-state index contributed by atoms with van der Waals surface area (Å²) in [5.41, 5.74) is 1.49. The molecular formula is C13H21NO4S. The fourth-order valence-corrected chi connectivity index (χ4v) is 2.41. The summed E-state index contributed by atoms with van der Waals surface area (Å²) in [5.74, 6) is 0.680. The van der Waals surface area contributed by atoms with Gasteiger partial charge in [0.25, 0.3) is 0 Å². The predicted molar refractivity (Wildman–Crippen MR) is 73.9 cm³/mol. The summed E-state index contributed by atoms with van der Waals surface area (Å²) in [6.07, 6.45) is 0.163. The van der Waals surface area contributed by atoms with E-state index in [1.54, 1.807) is 13.8 Å². The molecule has 0 saturated carbocycles. The van der Waals surface area contributed by atoms with Gasteiger partial charge >= 0.3 is 0 Å². The quantitative estimate of drug-likeness (QED) is 0.809. The van der Waals surface area contributed by atoms with Crippen molar-refractivity contribution in [2.75, 3.05) is 13.2 Å². The molecule has 0 fully saturated rings. The van der Waals surface area contributed by atoms with Crippen LogP contribution in [0.4, 0.5) is 0 Å². The van der Waals surface area contributed by atoms with Crippen LogP contribution in [0.2, 0.25) is 0 Å². The Balaban J connectivity index is 2.81. The zero-order valence-corrected chi connectivity index (χ0v) is 12.6. The van der Waals surface area contributed by atoms with Gasteiger partial charge < -0.3 is 9.47 Å². The van der Waals surface area contributed by atoms with Gasteiger partial charge in [-0.2, -0.15) is 0 Å². The van der Waals surface area contributed by atoms with Crippen LogP contribution in [0.5, 0.6) is 5.75 Å². The van der Waals surface area contributed by atoms with Crippen molar-refractivity contribution in [1.82, 2.24) is 0 Å². The van der Waals surface area contributed by atoms with Crippen LogP contribution in [-0.4, -0.2) is 27.7 Å². The lowest BCUT2D eigenvalue weighted by Crippen LogP contribution is -2.14. The SMILES string of the molecule is Cc1cc(S(N)(=O)=O)cc(C)c1OCCOC(C)C. The number of nitrogens with two attached hydrogens (primary N) is 1. The smallest absolute Gasteiger partial charge is 0.238 e. The summed E-state index contributed by atoms with van der Waals surface area (Å²) in [6, 6.07) is 3.03. The minimum atomic E-state index is -3.68. The van der Waals surface area contributed by atoms with E-state index in [-0.39, 0.29) is 11.0 Å². The van der Waals surface area contributed by atoms with Gasteiger partial charge in [0, 0.05) is 0 Å². The molecule has 0 saturated heterocycles. The molecule has 0 aliphatic carbocycles. The van der Waals surface area contributed by atoms with E-state index in [4.69, 9.17) is 14.6 Å². The van der Waals surface area contributed by atoms with Crippen LogP contribution >= 0.6 is 0 Å². The molecule has 0 aromatic heterocycles. The Hall–Kier alpha value is -1.11. The molecule has 108 valence electrons. The molecule has 0 aliphatic heterocycles. The molecule has 0 aliphatic rings. The van der Waals surface area contributed by atoms with Crippen molar-refractivity contribution in [2.24, 2.45) is 5.14 Å². The van der Waals surface area contributed by atoms with E-state index in [0.29, 0.717) is 19.0 Å². The number of ether oxygens (including phenoxy) is 2.